The van der Waals surface area contributed by atoms with Gasteiger partial charge in [0.15, 0.2) is 0 Å². The fourth-order valence-corrected chi connectivity index (χ4v) is 10.2. The van der Waals surface area contributed by atoms with Crippen molar-refractivity contribution in [1.82, 2.24) is 35.2 Å². The summed E-state index contributed by atoms with van der Waals surface area (Å²) in [7, 11) is -4.11. The highest BCUT2D eigenvalue weighted by Crippen LogP contribution is 2.48. The van der Waals surface area contributed by atoms with Crippen LogP contribution in [0.1, 0.15) is 93.4 Å². The molecule has 3 N–H and O–H groups in total. The van der Waals surface area contributed by atoms with Crippen molar-refractivity contribution in [2.45, 2.75) is 140 Å². The molecule has 0 unspecified atom stereocenters. The van der Waals surface area contributed by atoms with Crippen LogP contribution in [-0.4, -0.2) is 105 Å². The normalized spacial score (nSPS) is 27.3. The summed E-state index contributed by atoms with van der Waals surface area (Å²) in [4.78, 5) is 71.9. The first-order chi connectivity index (χ1) is 30.9. The molecule has 0 aromatic carbocycles. The number of rotatable bonds is 11. The number of carbonyl (C=O) groups is 4. The van der Waals surface area contributed by atoms with E-state index in [1.165, 1.54) is 23.2 Å². The number of fused-ring (bicyclic) bond motifs is 2. The minimum absolute atomic E-state index is 0.0570. The van der Waals surface area contributed by atoms with E-state index in [-0.39, 0.29) is 31.4 Å². The molecule has 1 saturated heterocycles. The molecule has 358 valence electrons. The number of nitrogens with zero attached hydrogens (tertiary/aromatic N) is 4. The summed E-state index contributed by atoms with van der Waals surface area (Å²) in [5.41, 5.74) is -3.03. The summed E-state index contributed by atoms with van der Waals surface area (Å²) < 4.78 is 86.4. The molecule has 3 aromatic rings. The zero-order chi connectivity index (χ0) is 48.0. The summed E-state index contributed by atoms with van der Waals surface area (Å²) in [5.74, 6) is -3.06. The van der Waals surface area contributed by atoms with Crippen LogP contribution in [0.4, 0.5) is 18.0 Å². The van der Waals surface area contributed by atoms with Crippen LogP contribution in [0.5, 0.6) is 11.6 Å². The van der Waals surface area contributed by atoms with Gasteiger partial charge in [-0.1, -0.05) is 26.0 Å². The average molecular weight is 960 g/mol. The van der Waals surface area contributed by atoms with Gasteiger partial charge in [0.2, 0.25) is 33.3 Å². The van der Waals surface area contributed by atoms with Crippen molar-refractivity contribution in [1.29, 1.82) is 0 Å². The second kappa shape index (κ2) is 18.4. The summed E-state index contributed by atoms with van der Waals surface area (Å²) in [6.07, 6.45) is 1.63. The fourth-order valence-electron chi connectivity index (χ4n) is 8.26. The topological polar surface area (TPSA) is 208 Å². The Morgan fingerprint density at radius 3 is 2.42 bits per heavy atom. The standard InChI is InChI=1S/C45H56F3N7O9S2/c1-25(2)62-35-13-12-28(23-50-35)32-19-30(20-33(51-32)38-49-16-17-65-38)63-31-21-34-37(56)53-44(40(58)54-66(60,61)43(7)14-15-43)22-29(44)11-9-8-10-26(3)18-27(4)36(39(57)55(34)24-31)52-41(59)64-42(5,6)45(46,47)48/h9,11-13,16-17,19-20,23,25-27,29,31,34,36H,8,10,14-15,18,21-22,24H2,1-7H3,(H,52,59)(H,53,56)(H,54,58)/b11-9-/t26-,27-,29-,31-,34+,36+,44-/m1/s1. The highest BCUT2D eigenvalue weighted by Gasteiger charge is 2.63. The van der Waals surface area contributed by atoms with Crippen molar-refractivity contribution in [2.24, 2.45) is 17.8 Å². The number of nitrogens with one attached hydrogen (secondary N) is 3. The van der Waals surface area contributed by atoms with E-state index in [4.69, 9.17) is 19.2 Å². The zero-order valence-electron chi connectivity index (χ0n) is 37.8. The number of alkyl carbamates (subject to hydrolysis) is 1. The lowest BCUT2D eigenvalue weighted by atomic mass is 9.88. The van der Waals surface area contributed by atoms with Gasteiger partial charge in [-0.05, 0) is 91.0 Å². The van der Waals surface area contributed by atoms with Crippen molar-refractivity contribution >= 4 is 45.2 Å². The quantitative estimate of drug-likeness (QED) is 0.171. The third-order valence-corrected chi connectivity index (χ3v) is 15.6. The molecule has 2 aliphatic carbocycles. The molecule has 3 fully saturated rings. The Balaban J connectivity index is 1.24. The van der Waals surface area contributed by atoms with Gasteiger partial charge in [-0.2, -0.15) is 13.2 Å². The van der Waals surface area contributed by atoms with Crippen molar-refractivity contribution in [2.75, 3.05) is 6.54 Å². The molecule has 21 heteroatoms. The van der Waals surface area contributed by atoms with Crippen LogP contribution in [-0.2, 0) is 29.1 Å². The molecule has 0 radical (unpaired) electrons. The lowest BCUT2D eigenvalue weighted by Gasteiger charge is -2.34. The van der Waals surface area contributed by atoms with E-state index in [1.807, 2.05) is 26.8 Å². The highest BCUT2D eigenvalue weighted by molar-refractivity contribution is 7.91. The first kappa shape index (κ1) is 48.6. The number of sulfonamides is 1. The van der Waals surface area contributed by atoms with Crippen molar-refractivity contribution in [3.8, 4) is 33.6 Å². The second-order valence-corrected chi connectivity index (χ2v) is 22.0. The molecule has 16 nitrogen and oxygen atoms in total. The van der Waals surface area contributed by atoms with Crippen LogP contribution >= 0.6 is 11.3 Å². The molecule has 66 heavy (non-hydrogen) atoms. The molecule has 2 saturated carbocycles. The van der Waals surface area contributed by atoms with E-state index >= 15 is 0 Å². The minimum Gasteiger partial charge on any atom is -0.488 e. The number of carbonyl (C=O) groups excluding carboxylic acids is 4. The molecule has 7 atom stereocenters. The molecular weight excluding hydrogens is 904 g/mol. The van der Waals surface area contributed by atoms with Gasteiger partial charge in [0.1, 0.15) is 40.2 Å². The molecule has 4 amide bonds. The maximum atomic E-state index is 15.0. The van der Waals surface area contributed by atoms with E-state index in [2.05, 4.69) is 25.3 Å². The molecule has 7 rings (SSSR count). The number of hydrogen-bond acceptors (Lipinski definition) is 13. The number of hydrogen-bond donors (Lipinski definition) is 3. The van der Waals surface area contributed by atoms with Gasteiger partial charge in [0, 0.05) is 53.9 Å². The van der Waals surface area contributed by atoms with Crippen LogP contribution in [0.15, 0.2) is 54.2 Å². The first-order valence-corrected chi connectivity index (χ1v) is 24.4. The fraction of sp³-hybridized carbons (Fsp3) is 0.578. The number of allylic oxidation sites excluding steroid dienone is 1. The Labute approximate surface area is 385 Å². The molecule has 2 aliphatic heterocycles. The van der Waals surface area contributed by atoms with Crippen LogP contribution in [0, 0.1) is 17.8 Å². The molecule has 0 spiro atoms. The number of pyridine rings is 2. The second-order valence-electron chi connectivity index (χ2n) is 18.9. The Kier molecular flexibility index (Phi) is 13.6. The molecule has 4 aliphatic rings. The number of thiazole rings is 1. The summed E-state index contributed by atoms with van der Waals surface area (Å²) >= 11 is 1.34. The predicted octanol–water partition coefficient (Wildman–Crippen LogP) is 6.72. The summed E-state index contributed by atoms with van der Waals surface area (Å²) in [6, 6.07) is 4.01. The van der Waals surface area contributed by atoms with Crippen LogP contribution in [0.3, 0.4) is 0 Å². The Hall–Kier alpha value is -5.31. The Morgan fingerprint density at radius 1 is 1.06 bits per heavy atom. The lowest BCUT2D eigenvalue weighted by Crippen LogP contribution is -2.59. The Morgan fingerprint density at radius 2 is 1.79 bits per heavy atom. The van der Waals surface area contributed by atoms with Crippen molar-refractivity contribution < 1.29 is 55.0 Å². The number of halogens is 3. The average Bonchev–Trinajstić information content (AvgIpc) is 3.98. The third kappa shape index (κ3) is 10.6. The monoisotopic (exact) mass is 959 g/mol. The molecule has 5 heterocycles. The van der Waals surface area contributed by atoms with E-state index < -0.39 is 85.9 Å². The number of aromatic nitrogens is 3. The smallest absolute Gasteiger partial charge is 0.427 e. The van der Waals surface area contributed by atoms with Crippen LogP contribution in [0.25, 0.3) is 22.0 Å². The van der Waals surface area contributed by atoms with E-state index in [1.54, 1.807) is 55.0 Å². The zero-order valence-corrected chi connectivity index (χ0v) is 39.4. The van der Waals surface area contributed by atoms with Crippen molar-refractivity contribution in [3.05, 3.63) is 54.2 Å². The van der Waals surface area contributed by atoms with E-state index in [0.29, 0.717) is 79.5 Å². The first-order valence-electron chi connectivity index (χ1n) is 22.0. The third-order valence-electron chi connectivity index (χ3n) is 12.7. The van der Waals surface area contributed by atoms with Crippen molar-refractivity contribution in [3.63, 3.8) is 0 Å². The van der Waals surface area contributed by atoms with Gasteiger partial charge in [-0.25, -0.2) is 28.2 Å². The maximum Gasteiger partial charge on any atom is 0.427 e. The number of alkyl halides is 3. The van der Waals surface area contributed by atoms with Gasteiger partial charge >= 0.3 is 12.3 Å². The van der Waals surface area contributed by atoms with Crippen LogP contribution < -0.4 is 24.8 Å². The van der Waals surface area contributed by atoms with Gasteiger partial charge in [0.25, 0.3) is 5.91 Å². The predicted molar refractivity (Wildman–Crippen MR) is 237 cm³/mol. The van der Waals surface area contributed by atoms with Crippen LogP contribution in [0.2, 0.25) is 0 Å². The molecule has 0 bridgehead atoms. The number of amides is 4. The lowest BCUT2D eigenvalue weighted by molar-refractivity contribution is -0.244. The van der Waals surface area contributed by atoms with E-state index in [0.717, 1.165) is 0 Å². The minimum atomic E-state index is -4.93. The molecule has 3 aromatic heterocycles. The molecular formula is C45H56F3N7O9S2. The van der Waals surface area contributed by atoms with Gasteiger partial charge in [0.05, 0.1) is 23.1 Å². The maximum absolute atomic E-state index is 15.0. The summed E-state index contributed by atoms with van der Waals surface area (Å²) in [6.45, 7) is 10.1. The number of ether oxygens (including phenoxy) is 3. The largest absolute Gasteiger partial charge is 0.488 e. The summed E-state index contributed by atoms with van der Waals surface area (Å²) in [5, 5.41) is 7.59. The SMILES string of the molecule is CC(C)Oc1ccc(-c2cc(O[C@@H]3C[C@H]4C(=O)N[C@]5(C(=O)NS(=O)(=O)C6(C)CC6)C[C@H]5/C=C\CC[C@@H](C)C[C@@H](C)[C@H](NC(=O)OC(C)(C)C(F)(F)F)C(=O)N4C3)cc(-c3nccs3)n2)cn1. The highest BCUT2D eigenvalue weighted by atomic mass is 32.2. The van der Waals surface area contributed by atoms with Gasteiger partial charge in [-0.15, -0.1) is 11.3 Å². The van der Waals surface area contributed by atoms with E-state index in [9.17, 15) is 40.8 Å². The van der Waals surface area contributed by atoms with Gasteiger partial charge in [-0.3, -0.25) is 19.1 Å². The Bertz CT molecular complexity index is 2450. The van der Waals surface area contributed by atoms with Gasteiger partial charge < -0.3 is 29.7 Å².